The van der Waals surface area contributed by atoms with Gasteiger partial charge in [0.05, 0.1) is 19.2 Å². The lowest BCUT2D eigenvalue weighted by Crippen LogP contribution is -2.69. The van der Waals surface area contributed by atoms with Gasteiger partial charge in [-0.15, -0.1) is 0 Å². The Morgan fingerprint density at radius 1 is 1.02 bits per heavy atom. The second-order valence-corrected chi connectivity index (χ2v) is 17.2. The zero-order valence-electron chi connectivity index (χ0n) is 31.8. The molecule has 2 amide bonds. The van der Waals surface area contributed by atoms with Crippen LogP contribution in [0.2, 0.25) is 0 Å². The highest BCUT2D eigenvalue weighted by Crippen LogP contribution is 2.58. The number of ether oxygens (including phenoxy) is 4. The van der Waals surface area contributed by atoms with Crippen LogP contribution in [0.3, 0.4) is 0 Å². The fourth-order valence-corrected chi connectivity index (χ4v) is 8.47. The second kappa shape index (κ2) is 18.1. The summed E-state index contributed by atoms with van der Waals surface area (Å²) < 4.78 is 26.2. The number of esters is 2. The predicted octanol–water partition coefficient (Wildman–Crippen LogP) is 4.84. The zero-order valence-corrected chi connectivity index (χ0v) is 34.0. The Balaban J connectivity index is 1.33. The van der Waals surface area contributed by atoms with E-state index in [1.54, 1.807) is 25.8 Å². The van der Waals surface area contributed by atoms with E-state index in [2.05, 4.69) is 47.1 Å². The van der Waals surface area contributed by atoms with Crippen LogP contribution in [0.25, 0.3) is 0 Å². The molecule has 1 aliphatic carbocycles. The van der Waals surface area contributed by atoms with Gasteiger partial charge in [0.2, 0.25) is 11.8 Å². The van der Waals surface area contributed by atoms with Crippen molar-refractivity contribution < 1.29 is 48.1 Å². The summed E-state index contributed by atoms with van der Waals surface area (Å²) in [7, 11) is 0. The molecule has 13 nitrogen and oxygen atoms in total. The summed E-state index contributed by atoms with van der Waals surface area (Å²) in [4.78, 5) is 60.3. The number of hydrogen-bond donors (Lipinski definition) is 3. The third-order valence-electron chi connectivity index (χ3n) is 10.6. The van der Waals surface area contributed by atoms with E-state index >= 15 is 0 Å². The molecule has 3 saturated heterocycles. The van der Waals surface area contributed by atoms with Crippen LogP contribution in [-0.4, -0.2) is 95.0 Å². The fraction of sp³-hybridized carbons (Fsp3) is 0.744. The van der Waals surface area contributed by atoms with Crippen LogP contribution in [0.4, 0.5) is 0 Å². The summed E-state index contributed by atoms with van der Waals surface area (Å²) in [5.41, 5.74) is -1.08. The Morgan fingerprint density at radius 3 is 2.30 bits per heavy atom. The van der Waals surface area contributed by atoms with Crippen molar-refractivity contribution in [3.63, 3.8) is 0 Å². The number of carbonyl (C=O) groups excluding carboxylic acids is 4. The molecule has 7 unspecified atom stereocenters. The van der Waals surface area contributed by atoms with Crippen LogP contribution >= 0.6 is 22.6 Å². The van der Waals surface area contributed by atoms with Gasteiger partial charge in [-0.05, 0) is 80.3 Å². The lowest BCUT2D eigenvalue weighted by molar-refractivity contribution is -0.224. The van der Waals surface area contributed by atoms with E-state index in [9.17, 15) is 24.3 Å². The lowest BCUT2D eigenvalue weighted by Gasteiger charge is -2.48. The molecule has 0 aromatic heterocycles. The molecule has 14 heteroatoms. The summed E-state index contributed by atoms with van der Waals surface area (Å²) in [6.45, 7) is 9.51. The van der Waals surface area contributed by atoms with Gasteiger partial charge in [-0.3, -0.25) is 24.0 Å². The van der Waals surface area contributed by atoms with E-state index in [1.807, 2.05) is 24.3 Å². The molecular formula is C39H58IN3O10. The molecule has 0 radical (unpaired) electrons. The molecule has 1 aromatic carbocycles. The number of carbonyl (C=O) groups is 4. The van der Waals surface area contributed by atoms with Crippen LogP contribution < -0.4 is 10.6 Å². The number of unbranched alkanes of at least 4 members (excludes halogenated alkanes) is 4. The number of hydroxylamine groups is 2. The maximum atomic E-state index is 14.6. The van der Waals surface area contributed by atoms with Crippen LogP contribution in [0, 0.1) is 8.99 Å². The molecule has 4 aliphatic rings. The number of nitrogens with one attached hydrogen (secondary N) is 2. The van der Waals surface area contributed by atoms with Gasteiger partial charge in [-0.2, -0.15) is 5.06 Å². The maximum absolute atomic E-state index is 14.6. The topological polar surface area (TPSA) is 162 Å². The van der Waals surface area contributed by atoms with Crippen molar-refractivity contribution in [3.8, 4) is 0 Å². The highest BCUT2D eigenvalue weighted by molar-refractivity contribution is 14.1. The molecule has 7 atom stereocenters. The van der Waals surface area contributed by atoms with Crippen molar-refractivity contribution in [1.29, 1.82) is 0 Å². The number of aliphatic hydroxyl groups excluding tert-OH is 1. The molecule has 296 valence electrons. The van der Waals surface area contributed by atoms with Crippen molar-refractivity contribution in [3.05, 3.63) is 33.4 Å². The van der Waals surface area contributed by atoms with Crippen molar-refractivity contribution in [2.24, 2.45) is 5.41 Å². The van der Waals surface area contributed by atoms with E-state index in [4.69, 9.17) is 23.8 Å². The monoisotopic (exact) mass is 855 g/mol. The molecule has 3 heterocycles. The minimum atomic E-state index is -1.35. The molecule has 53 heavy (non-hydrogen) atoms. The fourth-order valence-electron chi connectivity index (χ4n) is 8.11. The number of aliphatic hydroxyl groups is 1. The van der Waals surface area contributed by atoms with Gasteiger partial charge in [0, 0.05) is 42.2 Å². The summed E-state index contributed by atoms with van der Waals surface area (Å²) in [5.74, 6) is -2.64. The van der Waals surface area contributed by atoms with E-state index in [0.717, 1.165) is 47.7 Å². The summed E-state index contributed by atoms with van der Waals surface area (Å²) >= 11 is 2.24. The van der Waals surface area contributed by atoms with Gasteiger partial charge in [0.1, 0.15) is 35.4 Å². The van der Waals surface area contributed by atoms with E-state index < -0.39 is 77.1 Å². The molecule has 2 bridgehead atoms. The number of nitrogens with zero attached hydrogens (tertiary/aromatic N) is 1. The van der Waals surface area contributed by atoms with Crippen molar-refractivity contribution in [1.82, 2.24) is 15.7 Å². The van der Waals surface area contributed by atoms with Gasteiger partial charge >= 0.3 is 11.9 Å². The zero-order chi connectivity index (χ0) is 38.4. The van der Waals surface area contributed by atoms with Crippen LogP contribution in [0.15, 0.2) is 24.3 Å². The highest BCUT2D eigenvalue weighted by Gasteiger charge is 2.76. The van der Waals surface area contributed by atoms with Crippen molar-refractivity contribution >= 4 is 46.3 Å². The van der Waals surface area contributed by atoms with Crippen LogP contribution in [0.1, 0.15) is 117 Å². The van der Waals surface area contributed by atoms with E-state index in [-0.39, 0.29) is 45.4 Å². The molecule has 3 N–H and O–H groups in total. The first-order chi connectivity index (χ1) is 25.2. The number of benzene rings is 1. The standard InChI is InChI=1S/C39H58IN3O10/c1-6-8-10-19-38(20-11-9-7-2)51-31-28-22-39(36(48)41-21-18-29(45)42-27(24-44)16-17-30(46)50-37(3,4)5)33(35(47)49-28)43(53-34(39)32(31)52-38)23-25-12-14-26(40)15-13-25/h12-15,27-28,31-34,44H,6-11,16-24H2,1-5H3,(H,41,48)(H,42,45). The third kappa shape index (κ3) is 9.90. The average Bonchev–Trinajstić information content (AvgIpc) is 3.65. The Morgan fingerprint density at radius 2 is 1.68 bits per heavy atom. The van der Waals surface area contributed by atoms with Gasteiger partial charge in [-0.25, -0.2) is 0 Å². The first-order valence-electron chi connectivity index (χ1n) is 19.4. The molecule has 1 saturated carbocycles. The normalized spacial score (nSPS) is 27.8. The molecule has 0 spiro atoms. The van der Waals surface area contributed by atoms with Crippen molar-refractivity contribution in [2.75, 3.05) is 13.2 Å². The molecule has 3 aliphatic heterocycles. The SMILES string of the molecule is CCCCCC1(CCCCC)OC2C3CC4(C(=O)NCCC(=O)NC(CO)CCC(=O)OC(C)(C)C)C(ON(Cc5ccc(I)cc5)C4C(=O)O3)C2O1. The minimum Gasteiger partial charge on any atom is -0.460 e. The predicted molar refractivity (Wildman–Crippen MR) is 203 cm³/mol. The van der Waals surface area contributed by atoms with E-state index in [1.165, 1.54) is 0 Å². The Kier molecular flexibility index (Phi) is 14.2. The molecule has 1 aromatic rings. The second-order valence-electron chi connectivity index (χ2n) is 15.9. The van der Waals surface area contributed by atoms with Gasteiger partial charge < -0.3 is 34.7 Å². The first-order valence-corrected chi connectivity index (χ1v) is 20.5. The van der Waals surface area contributed by atoms with Gasteiger partial charge in [0.25, 0.3) is 0 Å². The maximum Gasteiger partial charge on any atom is 0.327 e. The van der Waals surface area contributed by atoms with Gasteiger partial charge in [-0.1, -0.05) is 51.7 Å². The number of rotatable bonds is 19. The molecule has 5 rings (SSSR count). The minimum absolute atomic E-state index is 0.0175. The number of halogens is 1. The summed E-state index contributed by atoms with van der Waals surface area (Å²) in [5, 5.41) is 17.1. The number of amides is 2. The van der Waals surface area contributed by atoms with Crippen molar-refractivity contribution in [2.45, 2.75) is 166 Å². The van der Waals surface area contributed by atoms with Gasteiger partial charge in [0.15, 0.2) is 11.8 Å². The lowest BCUT2D eigenvalue weighted by atomic mass is 9.62. The average molecular weight is 856 g/mol. The quantitative estimate of drug-likeness (QED) is 0.0993. The largest absolute Gasteiger partial charge is 0.460 e. The Hall–Kier alpha value is -2.37. The molecule has 4 fully saturated rings. The number of fused-ring (bicyclic) bond motifs is 4. The van der Waals surface area contributed by atoms with E-state index in [0.29, 0.717) is 12.8 Å². The smallest absolute Gasteiger partial charge is 0.327 e. The van der Waals surface area contributed by atoms with Crippen LogP contribution in [-0.2, 0) is 49.5 Å². The van der Waals surface area contributed by atoms with Crippen LogP contribution in [0.5, 0.6) is 0 Å². The Labute approximate surface area is 327 Å². The third-order valence-corrected chi connectivity index (χ3v) is 11.3. The first kappa shape index (κ1) is 41.8. The number of hydrogen-bond acceptors (Lipinski definition) is 11. The Bertz CT molecular complexity index is 1430. The summed E-state index contributed by atoms with van der Waals surface area (Å²) in [6, 6.07) is 6.20. The molecular weight excluding hydrogens is 797 g/mol. The highest BCUT2D eigenvalue weighted by atomic mass is 127. The summed E-state index contributed by atoms with van der Waals surface area (Å²) in [6.07, 6.45) is 4.98.